The van der Waals surface area contributed by atoms with Crippen LogP contribution in [0.2, 0.25) is 0 Å². The zero-order chi connectivity index (χ0) is 15.9. The first-order valence-electron chi connectivity index (χ1n) is 8.83. The van der Waals surface area contributed by atoms with E-state index in [0.717, 1.165) is 12.3 Å². The van der Waals surface area contributed by atoms with Gasteiger partial charge in [0.25, 0.3) is 0 Å². The highest BCUT2D eigenvalue weighted by atomic mass is 16.3. The summed E-state index contributed by atoms with van der Waals surface area (Å²) in [6, 6.07) is 0. The third kappa shape index (κ3) is 6.38. The first-order chi connectivity index (χ1) is 9.86. The van der Waals surface area contributed by atoms with E-state index >= 15 is 0 Å². The molecule has 1 rings (SSSR count). The van der Waals surface area contributed by atoms with Crippen LogP contribution in [0.4, 0.5) is 0 Å². The predicted molar refractivity (Wildman–Crippen MR) is 93.4 cm³/mol. The van der Waals surface area contributed by atoms with Gasteiger partial charge in [-0.3, -0.25) is 0 Å². The van der Waals surface area contributed by atoms with Gasteiger partial charge < -0.3 is 5.11 Å². The molecule has 0 aliphatic heterocycles. The Bertz CT molecular complexity index is 362. The molecular weight excluding hydrogens is 256 g/mol. The van der Waals surface area contributed by atoms with Crippen LogP contribution in [0.5, 0.6) is 0 Å². The van der Waals surface area contributed by atoms with Crippen molar-refractivity contribution in [2.45, 2.75) is 79.6 Å². The van der Waals surface area contributed by atoms with Crippen molar-refractivity contribution in [1.82, 2.24) is 0 Å². The summed E-state index contributed by atoms with van der Waals surface area (Å²) in [5.74, 6) is 1.25. The first kappa shape index (κ1) is 18.5. The maximum Gasteiger partial charge on any atom is 0.0436 e. The summed E-state index contributed by atoms with van der Waals surface area (Å²) in [5.41, 5.74) is 3.82. The molecule has 0 radical (unpaired) electrons. The van der Waals surface area contributed by atoms with Crippen LogP contribution >= 0.6 is 0 Å². The molecule has 1 heteroatoms. The van der Waals surface area contributed by atoms with E-state index in [4.69, 9.17) is 5.11 Å². The Hall–Kier alpha value is -0.560. The summed E-state index contributed by atoms with van der Waals surface area (Å²) in [4.78, 5) is 0. The molecule has 1 N–H and O–H groups in total. The van der Waals surface area contributed by atoms with Crippen LogP contribution < -0.4 is 0 Å². The van der Waals surface area contributed by atoms with Crippen molar-refractivity contribution >= 4 is 0 Å². The Morgan fingerprint density at radius 3 is 2.57 bits per heavy atom. The van der Waals surface area contributed by atoms with E-state index in [1.165, 1.54) is 38.5 Å². The van der Waals surface area contributed by atoms with Gasteiger partial charge in [-0.25, -0.2) is 0 Å². The van der Waals surface area contributed by atoms with E-state index in [0.29, 0.717) is 17.9 Å². The molecule has 0 amide bonds. The van der Waals surface area contributed by atoms with Gasteiger partial charge >= 0.3 is 0 Å². The number of allylic oxidation sites excluding steroid dienone is 4. The lowest BCUT2D eigenvalue weighted by Crippen LogP contribution is -2.20. The lowest BCUT2D eigenvalue weighted by Gasteiger charge is -2.35. The van der Waals surface area contributed by atoms with Gasteiger partial charge in [-0.1, -0.05) is 51.0 Å². The van der Waals surface area contributed by atoms with E-state index in [2.05, 4.69) is 46.8 Å². The zero-order valence-corrected chi connectivity index (χ0v) is 14.9. The molecule has 0 aromatic carbocycles. The Morgan fingerprint density at radius 2 is 1.95 bits per heavy atom. The van der Waals surface area contributed by atoms with Crippen molar-refractivity contribution in [3.05, 3.63) is 23.3 Å². The quantitative estimate of drug-likeness (QED) is 0.553. The highest BCUT2D eigenvalue weighted by Gasteiger charge is 2.27. The third-order valence-electron chi connectivity index (χ3n) is 5.16. The van der Waals surface area contributed by atoms with Crippen molar-refractivity contribution in [1.29, 1.82) is 0 Å². The maximum absolute atomic E-state index is 8.91. The van der Waals surface area contributed by atoms with Crippen LogP contribution in [-0.4, -0.2) is 11.7 Å². The van der Waals surface area contributed by atoms with Crippen LogP contribution in [0.3, 0.4) is 0 Å². The molecule has 21 heavy (non-hydrogen) atoms. The van der Waals surface area contributed by atoms with Crippen LogP contribution in [0.25, 0.3) is 0 Å². The molecule has 1 aliphatic rings. The fraction of sp³-hybridized carbons (Fsp3) is 0.800. The molecule has 0 bridgehead atoms. The molecule has 2 unspecified atom stereocenters. The molecule has 0 saturated heterocycles. The number of aliphatic hydroxyl groups is 1. The second-order valence-electron chi connectivity index (χ2n) is 7.79. The SMILES string of the molecule is CC1=C(CCC(C)C/C=C/C(C)CCO)C(C)(C)CCC1. The Morgan fingerprint density at radius 1 is 1.24 bits per heavy atom. The number of rotatable bonds is 8. The second-order valence-corrected chi connectivity index (χ2v) is 7.79. The lowest BCUT2D eigenvalue weighted by atomic mass is 9.70. The highest BCUT2D eigenvalue weighted by molar-refractivity contribution is 5.22. The molecule has 122 valence electrons. The summed E-state index contributed by atoms with van der Waals surface area (Å²) in [5, 5.41) is 8.91. The fourth-order valence-electron chi connectivity index (χ4n) is 3.58. The number of hydrogen-bond donors (Lipinski definition) is 1. The molecule has 0 heterocycles. The van der Waals surface area contributed by atoms with Crippen molar-refractivity contribution in [3.63, 3.8) is 0 Å². The summed E-state index contributed by atoms with van der Waals surface area (Å²) in [7, 11) is 0. The van der Waals surface area contributed by atoms with Gasteiger partial charge in [0.2, 0.25) is 0 Å². The first-order valence-corrected chi connectivity index (χ1v) is 8.83. The minimum Gasteiger partial charge on any atom is -0.396 e. The van der Waals surface area contributed by atoms with Gasteiger partial charge in [-0.05, 0) is 69.1 Å². The average molecular weight is 293 g/mol. The molecule has 0 aromatic heterocycles. The molecule has 1 aliphatic carbocycles. The van der Waals surface area contributed by atoms with Gasteiger partial charge in [0, 0.05) is 6.61 Å². The minimum atomic E-state index is 0.295. The predicted octanol–water partition coefficient (Wildman–Crippen LogP) is 5.89. The number of aliphatic hydroxyl groups excluding tert-OH is 1. The zero-order valence-electron chi connectivity index (χ0n) is 14.9. The molecule has 0 fully saturated rings. The second kappa shape index (κ2) is 8.78. The average Bonchev–Trinajstić information content (AvgIpc) is 2.37. The smallest absolute Gasteiger partial charge is 0.0436 e. The van der Waals surface area contributed by atoms with Crippen molar-refractivity contribution in [2.75, 3.05) is 6.61 Å². The Balaban J connectivity index is 2.40. The monoisotopic (exact) mass is 292 g/mol. The van der Waals surface area contributed by atoms with E-state index in [1.807, 2.05) is 0 Å². The van der Waals surface area contributed by atoms with Crippen LogP contribution in [0, 0.1) is 17.3 Å². The van der Waals surface area contributed by atoms with E-state index < -0.39 is 0 Å². The molecule has 2 atom stereocenters. The summed E-state index contributed by atoms with van der Waals surface area (Å²) in [6.07, 6.45) is 13.2. The summed E-state index contributed by atoms with van der Waals surface area (Å²) < 4.78 is 0. The molecule has 0 saturated carbocycles. The molecule has 1 nitrogen and oxygen atoms in total. The van der Waals surface area contributed by atoms with Crippen molar-refractivity contribution in [2.24, 2.45) is 17.3 Å². The van der Waals surface area contributed by atoms with Crippen molar-refractivity contribution in [3.8, 4) is 0 Å². The van der Waals surface area contributed by atoms with E-state index in [1.54, 1.807) is 11.1 Å². The summed E-state index contributed by atoms with van der Waals surface area (Å²) >= 11 is 0. The lowest BCUT2D eigenvalue weighted by molar-refractivity contribution is 0.274. The molecule has 0 spiro atoms. The van der Waals surface area contributed by atoms with E-state index in [-0.39, 0.29) is 0 Å². The third-order valence-corrected chi connectivity index (χ3v) is 5.16. The van der Waals surface area contributed by atoms with Gasteiger partial charge in [-0.2, -0.15) is 0 Å². The van der Waals surface area contributed by atoms with Gasteiger partial charge in [0.05, 0.1) is 0 Å². The van der Waals surface area contributed by atoms with Gasteiger partial charge in [0.15, 0.2) is 0 Å². The molecular formula is C20H36O. The van der Waals surface area contributed by atoms with Crippen LogP contribution in [0.15, 0.2) is 23.3 Å². The van der Waals surface area contributed by atoms with Crippen LogP contribution in [-0.2, 0) is 0 Å². The largest absolute Gasteiger partial charge is 0.396 e. The minimum absolute atomic E-state index is 0.295. The maximum atomic E-state index is 8.91. The highest BCUT2D eigenvalue weighted by Crippen LogP contribution is 2.42. The van der Waals surface area contributed by atoms with Crippen LogP contribution in [0.1, 0.15) is 79.6 Å². The van der Waals surface area contributed by atoms with Gasteiger partial charge in [0.1, 0.15) is 0 Å². The Kier molecular flexibility index (Phi) is 7.73. The van der Waals surface area contributed by atoms with Gasteiger partial charge in [-0.15, -0.1) is 0 Å². The topological polar surface area (TPSA) is 20.2 Å². The van der Waals surface area contributed by atoms with E-state index in [9.17, 15) is 0 Å². The fourth-order valence-corrected chi connectivity index (χ4v) is 3.58. The summed E-state index contributed by atoms with van der Waals surface area (Å²) in [6.45, 7) is 12.0. The Labute approximate surface area is 132 Å². The van der Waals surface area contributed by atoms with Crippen molar-refractivity contribution < 1.29 is 5.11 Å². The molecule has 0 aromatic rings. The number of hydrogen-bond acceptors (Lipinski definition) is 1. The standard InChI is InChI=1S/C20H36O/c1-16(8-6-9-17(2)13-15-21)11-12-19-18(3)10-7-14-20(19,4)5/h6,9,16-17,21H,7-8,10-15H2,1-5H3/b9-6+. The normalized spacial score (nSPS) is 21.8.